The van der Waals surface area contributed by atoms with E-state index in [-0.39, 0.29) is 18.2 Å². The predicted molar refractivity (Wildman–Crippen MR) is 87.1 cm³/mol. The van der Waals surface area contributed by atoms with Crippen LogP contribution >= 0.6 is 22.9 Å². The van der Waals surface area contributed by atoms with Crippen molar-refractivity contribution in [2.45, 2.75) is 25.7 Å². The third-order valence-corrected chi connectivity index (χ3v) is 5.05. The standard InChI is InChI=1S/C16H15ClN2O2S/c17-12-6-4-10(5-7-12)8-15(20)18-19-16(21)14-9-11-2-1-3-13(11)22-14/h4-7,9H,1-3,8H2,(H,18,20)(H,19,21). The molecule has 0 saturated heterocycles. The Kier molecular flexibility index (Phi) is 4.45. The molecule has 0 atom stereocenters. The maximum Gasteiger partial charge on any atom is 0.279 e. The Labute approximate surface area is 137 Å². The van der Waals surface area contributed by atoms with Crippen LogP contribution in [0.5, 0.6) is 0 Å². The fraction of sp³-hybridized carbons (Fsp3) is 0.250. The van der Waals surface area contributed by atoms with Crippen molar-refractivity contribution in [2.24, 2.45) is 0 Å². The average Bonchev–Trinajstić information content (AvgIpc) is 3.08. The molecule has 6 heteroatoms. The van der Waals surface area contributed by atoms with E-state index in [9.17, 15) is 9.59 Å². The molecule has 114 valence electrons. The van der Waals surface area contributed by atoms with Gasteiger partial charge in [-0.1, -0.05) is 23.7 Å². The molecule has 1 aromatic heterocycles. The van der Waals surface area contributed by atoms with Gasteiger partial charge in [-0.15, -0.1) is 11.3 Å². The zero-order valence-corrected chi connectivity index (χ0v) is 13.4. The number of amides is 2. The monoisotopic (exact) mass is 334 g/mol. The van der Waals surface area contributed by atoms with E-state index in [1.807, 2.05) is 6.07 Å². The van der Waals surface area contributed by atoms with Crippen molar-refractivity contribution in [3.05, 3.63) is 56.2 Å². The number of halogens is 1. The Morgan fingerprint density at radius 3 is 2.64 bits per heavy atom. The van der Waals surface area contributed by atoms with E-state index in [4.69, 9.17) is 11.6 Å². The van der Waals surface area contributed by atoms with Gasteiger partial charge in [0.05, 0.1) is 11.3 Å². The van der Waals surface area contributed by atoms with Gasteiger partial charge in [0.1, 0.15) is 0 Å². The molecule has 0 spiro atoms. The Balaban J connectivity index is 1.51. The number of rotatable bonds is 3. The van der Waals surface area contributed by atoms with E-state index in [0.29, 0.717) is 9.90 Å². The molecule has 22 heavy (non-hydrogen) atoms. The van der Waals surface area contributed by atoms with E-state index < -0.39 is 0 Å². The van der Waals surface area contributed by atoms with Gasteiger partial charge < -0.3 is 0 Å². The third kappa shape index (κ3) is 3.48. The number of carbonyl (C=O) groups is 2. The van der Waals surface area contributed by atoms with Gasteiger partial charge in [0.2, 0.25) is 5.91 Å². The summed E-state index contributed by atoms with van der Waals surface area (Å²) in [5, 5.41) is 0.628. The minimum absolute atomic E-state index is 0.193. The van der Waals surface area contributed by atoms with Gasteiger partial charge in [-0.25, -0.2) is 0 Å². The van der Waals surface area contributed by atoms with Crippen molar-refractivity contribution in [2.75, 3.05) is 0 Å². The number of hydrogen-bond donors (Lipinski definition) is 2. The molecule has 3 rings (SSSR count). The van der Waals surface area contributed by atoms with Gasteiger partial charge >= 0.3 is 0 Å². The lowest BCUT2D eigenvalue weighted by Crippen LogP contribution is -2.42. The van der Waals surface area contributed by atoms with E-state index in [1.165, 1.54) is 28.2 Å². The number of nitrogens with one attached hydrogen (secondary N) is 2. The third-order valence-electron chi connectivity index (χ3n) is 3.56. The average molecular weight is 335 g/mol. The molecule has 0 fully saturated rings. The Morgan fingerprint density at radius 2 is 1.91 bits per heavy atom. The first-order chi connectivity index (χ1) is 10.6. The highest BCUT2D eigenvalue weighted by molar-refractivity contribution is 7.14. The minimum atomic E-state index is -0.264. The largest absolute Gasteiger partial charge is 0.279 e. The van der Waals surface area contributed by atoms with Crippen LogP contribution in [0.4, 0.5) is 0 Å². The Morgan fingerprint density at radius 1 is 1.14 bits per heavy atom. The van der Waals surface area contributed by atoms with E-state index >= 15 is 0 Å². The maximum absolute atomic E-state index is 12.0. The summed E-state index contributed by atoms with van der Waals surface area (Å²) in [6.07, 6.45) is 3.46. The Bertz CT molecular complexity index is 688. The zero-order chi connectivity index (χ0) is 15.5. The molecular formula is C16H15ClN2O2S. The van der Waals surface area contributed by atoms with Crippen LogP contribution in [0.25, 0.3) is 0 Å². The number of carbonyl (C=O) groups excluding carboxylic acids is 2. The van der Waals surface area contributed by atoms with Gasteiger partial charge in [0, 0.05) is 9.90 Å². The van der Waals surface area contributed by atoms with Crippen LogP contribution in [0.1, 0.15) is 32.1 Å². The number of thiophene rings is 1. The number of hydrazine groups is 1. The van der Waals surface area contributed by atoms with Crippen molar-refractivity contribution >= 4 is 34.8 Å². The molecule has 1 aromatic carbocycles. The van der Waals surface area contributed by atoms with Crippen LogP contribution in [-0.4, -0.2) is 11.8 Å². The molecule has 1 aliphatic carbocycles. The molecule has 0 aliphatic heterocycles. The summed E-state index contributed by atoms with van der Waals surface area (Å²) in [5.41, 5.74) is 7.01. The Hall–Kier alpha value is -1.85. The number of fused-ring (bicyclic) bond motifs is 1. The minimum Gasteiger partial charge on any atom is -0.273 e. The second kappa shape index (κ2) is 6.50. The predicted octanol–water partition coefficient (Wildman–Crippen LogP) is 2.89. The fourth-order valence-electron chi connectivity index (χ4n) is 2.46. The fourth-order valence-corrected chi connectivity index (χ4v) is 3.74. The summed E-state index contributed by atoms with van der Waals surface area (Å²) in [4.78, 5) is 25.8. The number of benzene rings is 1. The lowest BCUT2D eigenvalue weighted by molar-refractivity contribution is -0.121. The molecule has 0 saturated carbocycles. The van der Waals surface area contributed by atoms with Gasteiger partial charge in [-0.3, -0.25) is 20.4 Å². The smallest absolute Gasteiger partial charge is 0.273 e. The summed E-state index contributed by atoms with van der Waals surface area (Å²) in [6.45, 7) is 0. The van der Waals surface area contributed by atoms with Crippen LogP contribution in [0.3, 0.4) is 0 Å². The second-order valence-corrected chi connectivity index (χ2v) is 6.79. The van der Waals surface area contributed by atoms with Crippen molar-refractivity contribution in [1.29, 1.82) is 0 Å². The summed E-state index contributed by atoms with van der Waals surface area (Å²) in [6, 6.07) is 8.96. The lowest BCUT2D eigenvalue weighted by atomic mass is 10.1. The van der Waals surface area contributed by atoms with Crippen LogP contribution < -0.4 is 10.9 Å². The molecule has 0 bridgehead atoms. The topological polar surface area (TPSA) is 58.2 Å². The van der Waals surface area contributed by atoms with Gasteiger partial charge in [0.15, 0.2) is 0 Å². The molecule has 4 nitrogen and oxygen atoms in total. The highest BCUT2D eigenvalue weighted by atomic mass is 35.5. The molecule has 0 radical (unpaired) electrons. The summed E-state index contributed by atoms with van der Waals surface area (Å²) < 4.78 is 0. The van der Waals surface area contributed by atoms with Crippen molar-refractivity contribution in [3.63, 3.8) is 0 Å². The molecule has 1 aliphatic rings. The highest BCUT2D eigenvalue weighted by Gasteiger charge is 2.18. The first-order valence-corrected chi connectivity index (χ1v) is 8.26. The SMILES string of the molecule is O=C(Cc1ccc(Cl)cc1)NNC(=O)c1cc2c(s1)CCC2. The molecule has 2 N–H and O–H groups in total. The first kappa shape index (κ1) is 15.1. The normalized spacial score (nSPS) is 12.8. The first-order valence-electron chi connectivity index (χ1n) is 7.07. The highest BCUT2D eigenvalue weighted by Crippen LogP contribution is 2.30. The van der Waals surface area contributed by atoms with E-state index in [0.717, 1.165) is 18.4 Å². The lowest BCUT2D eigenvalue weighted by Gasteiger charge is -2.06. The second-order valence-electron chi connectivity index (χ2n) is 5.22. The van der Waals surface area contributed by atoms with E-state index in [1.54, 1.807) is 24.3 Å². The molecule has 2 amide bonds. The maximum atomic E-state index is 12.0. The van der Waals surface area contributed by atoms with Gasteiger partial charge in [-0.2, -0.15) is 0 Å². The zero-order valence-electron chi connectivity index (χ0n) is 11.8. The van der Waals surface area contributed by atoms with Crippen molar-refractivity contribution in [1.82, 2.24) is 10.9 Å². The summed E-state index contributed by atoms with van der Waals surface area (Å²) in [5.74, 6) is -0.524. The van der Waals surface area contributed by atoms with Crippen molar-refractivity contribution < 1.29 is 9.59 Å². The molecular weight excluding hydrogens is 320 g/mol. The van der Waals surface area contributed by atoms with Crippen LogP contribution in [0.15, 0.2) is 30.3 Å². The van der Waals surface area contributed by atoms with Crippen LogP contribution in [0, 0.1) is 0 Å². The van der Waals surface area contributed by atoms with Gasteiger partial charge in [-0.05, 0) is 48.6 Å². The van der Waals surface area contributed by atoms with Crippen LogP contribution in [-0.2, 0) is 24.1 Å². The summed E-state index contributed by atoms with van der Waals surface area (Å²) in [7, 11) is 0. The van der Waals surface area contributed by atoms with E-state index in [2.05, 4.69) is 10.9 Å². The number of hydrogen-bond acceptors (Lipinski definition) is 3. The van der Waals surface area contributed by atoms with Crippen LogP contribution in [0.2, 0.25) is 5.02 Å². The van der Waals surface area contributed by atoms with Crippen molar-refractivity contribution in [3.8, 4) is 0 Å². The molecule has 2 aromatic rings. The van der Waals surface area contributed by atoms with Gasteiger partial charge in [0.25, 0.3) is 5.91 Å². The quantitative estimate of drug-likeness (QED) is 0.848. The summed E-state index contributed by atoms with van der Waals surface area (Å²) >= 11 is 7.30. The molecule has 0 unspecified atom stereocenters. The molecule has 1 heterocycles. The number of aryl methyl sites for hydroxylation is 2.